The van der Waals surface area contributed by atoms with Crippen LogP contribution in [0.4, 0.5) is 0 Å². The highest BCUT2D eigenvalue weighted by Crippen LogP contribution is 2.24. The van der Waals surface area contributed by atoms with E-state index in [9.17, 15) is 9.59 Å². The minimum absolute atomic E-state index is 0.262. The number of benzene rings is 1. The molecule has 0 aromatic heterocycles. The summed E-state index contributed by atoms with van der Waals surface area (Å²) in [5, 5.41) is 9.63. The number of hydrogen-bond donors (Lipinski definition) is 1. The Morgan fingerprint density at radius 3 is 2.88 bits per heavy atom. The van der Waals surface area contributed by atoms with E-state index in [1.165, 1.54) is 11.9 Å². The Morgan fingerprint density at radius 1 is 1.53 bits per heavy atom. The van der Waals surface area contributed by atoms with E-state index in [4.69, 9.17) is 16.7 Å². The lowest BCUT2D eigenvalue weighted by molar-refractivity contribution is -0.142. The maximum absolute atomic E-state index is 12.1. The Morgan fingerprint density at radius 2 is 2.24 bits per heavy atom. The number of rotatable bonds is 1. The van der Waals surface area contributed by atoms with Gasteiger partial charge in [-0.2, -0.15) is 0 Å². The van der Waals surface area contributed by atoms with Gasteiger partial charge in [0.2, 0.25) is 0 Å². The summed E-state index contributed by atoms with van der Waals surface area (Å²) in [6.45, 7) is 0. The van der Waals surface area contributed by atoms with Gasteiger partial charge in [0.05, 0.1) is 0 Å². The van der Waals surface area contributed by atoms with Crippen LogP contribution >= 0.6 is 11.6 Å². The van der Waals surface area contributed by atoms with E-state index in [0.717, 1.165) is 5.56 Å². The molecule has 1 atom stereocenters. The normalized spacial score (nSPS) is 19.8. The summed E-state index contributed by atoms with van der Waals surface area (Å²) in [4.78, 5) is 24.4. The smallest absolute Gasteiger partial charge is 0.326 e. The van der Waals surface area contributed by atoms with Gasteiger partial charge in [0, 0.05) is 17.6 Å². The largest absolute Gasteiger partial charge is 0.480 e. The molecule has 0 saturated carbocycles. The molecule has 0 spiro atoms. The molecule has 1 heterocycles. The second kappa shape index (κ2) is 4.37. The van der Waals surface area contributed by atoms with Gasteiger partial charge in [-0.05, 0) is 36.6 Å². The van der Waals surface area contributed by atoms with Crippen LogP contribution in [0.3, 0.4) is 0 Å². The molecule has 1 amide bonds. The molecule has 0 fully saturated rings. The maximum atomic E-state index is 12.1. The van der Waals surface area contributed by atoms with Gasteiger partial charge in [-0.3, -0.25) is 4.79 Å². The van der Waals surface area contributed by atoms with Crippen molar-refractivity contribution < 1.29 is 14.7 Å². The third-order valence-corrected chi connectivity index (χ3v) is 3.29. The van der Waals surface area contributed by atoms with E-state index >= 15 is 0 Å². The molecule has 1 N–H and O–H groups in total. The number of nitrogens with zero attached hydrogens (tertiary/aromatic N) is 1. The van der Waals surface area contributed by atoms with Gasteiger partial charge in [0.1, 0.15) is 6.04 Å². The van der Waals surface area contributed by atoms with Crippen LogP contribution < -0.4 is 0 Å². The van der Waals surface area contributed by atoms with Crippen molar-refractivity contribution in [3.05, 3.63) is 34.3 Å². The summed E-state index contributed by atoms with van der Waals surface area (Å²) in [6, 6.07) is 4.26. The van der Waals surface area contributed by atoms with Crippen LogP contribution in [-0.2, 0) is 11.2 Å². The summed E-state index contributed by atoms with van der Waals surface area (Å²) in [7, 11) is 1.52. The number of carboxylic acid groups (broad SMARTS) is 1. The third-order valence-electron chi connectivity index (χ3n) is 3.06. The molecule has 2 rings (SSSR count). The van der Waals surface area contributed by atoms with Crippen molar-refractivity contribution in [1.29, 1.82) is 0 Å². The second-order valence-corrected chi connectivity index (χ2v) is 4.55. The minimum Gasteiger partial charge on any atom is -0.480 e. The van der Waals surface area contributed by atoms with Gasteiger partial charge in [-0.15, -0.1) is 0 Å². The molecule has 1 aliphatic heterocycles. The zero-order valence-electron chi connectivity index (χ0n) is 9.31. The van der Waals surface area contributed by atoms with Crippen molar-refractivity contribution >= 4 is 23.5 Å². The number of fused-ring (bicyclic) bond motifs is 1. The number of amides is 1. The SMILES string of the molecule is CN1C(=O)c2ccc(Cl)cc2CCC1C(=O)O. The van der Waals surface area contributed by atoms with E-state index in [2.05, 4.69) is 0 Å². The zero-order valence-corrected chi connectivity index (χ0v) is 10.1. The van der Waals surface area contributed by atoms with Gasteiger partial charge in [0.25, 0.3) is 5.91 Å². The Balaban J connectivity index is 2.44. The molecule has 17 heavy (non-hydrogen) atoms. The average Bonchev–Trinajstić information content (AvgIpc) is 2.38. The summed E-state index contributed by atoms with van der Waals surface area (Å²) in [5.41, 5.74) is 1.36. The lowest BCUT2D eigenvalue weighted by atomic mass is 10.0. The lowest BCUT2D eigenvalue weighted by Crippen LogP contribution is -2.41. The highest BCUT2D eigenvalue weighted by atomic mass is 35.5. The molecule has 90 valence electrons. The molecule has 0 aliphatic carbocycles. The Bertz CT molecular complexity index is 487. The molecule has 1 aromatic carbocycles. The third kappa shape index (κ3) is 2.13. The number of carbonyl (C=O) groups is 2. The first-order chi connectivity index (χ1) is 8.00. The number of halogens is 1. The first kappa shape index (κ1) is 11.9. The van der Waals surface area contributed by atoms with Crippen molar-refractivity contribution in [3.63, 3.8) is 0 Å². The highest BCUT2D eigenvalue weighted by molar-refractivity contribution is 6.30. The van der Waals surface area contributed by atoms with Crippen LogP contribution in [0.5, 0.6) is 0 Å². The molecular formula is C12H12ClNO3. The van der Waals surface area contributed by atoms with Gasteiger partial charge in [0.15, 0.2) is 0 Å². The summed E-state index contributed by atoms with van der Waals surface area (Å²) in [6.07, 6.45) is 0.952. The lowest BCUT2D eigenvalue weighted by Gasteiger charge is -2.22. The standard InChI is InChI=1S/C12H12ClNO3/c1-14-10(12(16)17)5-2-7-6-8(13)3-4-9(7)11(14)15/h3-4,6,10H,2,5H2,1H3,(H,16,17). The van der Waals surface area contributed by atoms with E-state index in [0.29, 0.717) is 23.4 Å². The van der Waals surface area contributed by atoms with Crippen LogP contribution in [-0.4, -0.2) is 35.0 Å². The van der Waals surface area contributed by atoms with E-state index in [-0.39, 0.29) is 5.91 Å². The molecule has 0 saturated heterocycles. The Labute approximate surface area is 104 Å². The molecule has 5 heteroatoms. The van der Waals surface area contributed by atoms with Crippen LogP contribution in [0.2, 0.25) is 5.02 Å². The number of carbonyl (C=O) groups excluding carboxylic acids is 1. The topological polar surface area (TPSA) is 57.6 Å². The maximum Gasteiger partial charge on any atom is 0.326 e. The van der Waals surface area contributed by atoms with Gasteiger partial charge < -0.3 is 10.0 Å². The summed E-state index contributed by atoms with van der Waals surface area (Å²) < 4.78 is 0. The van der Waals surface area contributed by atoms with E-state index < -0.39 is 12.0 Å². The van der Waals surface area contributed by atoms with Crippen molar-refractivity contribution in [1.82, 2.24) is 4.90 Å². The fraction of sp³-hybridized carbons (Fsp3) is 0.333. The average molecular weight is 254 g/mol. The van der Waals surface area contributed by atoms with Crippen molar-refractivity contribution in [2.24, 2.45) is 0 Å². The van der Waals surface area contributed by atoms with E-state index in [1.807, 2.05) is 0 Å². The first-order valence-electron chi connectivity index (χ1n) is 5.29. The number of hydrogen-bond acceptors (Lipinski definition) is 2. The van der Waals surface area contributed by atoms with Crippen molar-refractivity contribution in [3.8, 4) is 0 Å². The molecule has 1 unspecified atom stereocenters. The quantitative estimate of drug-likeness (QED) is 0.830. The van der Waals surface area contributed by atoms with Gasteiger partial charge in [-0.1, -0.05) is 11.6 Å². The number of aliphatic carboxylic acids is 1. The minimum atomic E-state index is -0.972. The summed E-state index contributed by atoms with van der Waals surface area (Å²) >= 11 is 5.87. The monoisotopic (exact) mass is 253 g/mol. The Kier molecular flexibility index (Phi) is 3.07. The molecule has 1 aliphatic rings. The van der Waals surface area contributed by atoms with Crippen molar-refractivity contribution in [2.45, 2.75) is 18.9 Å². The van der Waals surface area contributed by atoms with Crippen LogP contribution in [0.1, 0.15) is 22.3 Å². The molecule has 0 bridgehead atoms. The van der Waals surface area contributed by atoms with Crippen molar-refractivity contribution in [2.75, 3.05) is 7.05 Å². The number of aryl methyl sites for hydroxylation is 1. The first-order valence-corrected chi connectivity index (χ1v) is 5.67. The fourth-order valence-corrected chi connectivity index (χ4v) is 2.28. The number of likely N-dealkylation sites (N-methyl/N-ethyl adjacent to an activating group) is 1. The second-order valence-electron chi connectivity index (χ2n) is 4.11. The molecule has 4 nitrogen and oxygen atoms in total. The zero-order chi connectivity index (χ0) is 12.6. The Hall–Kier alpha value is -1.55. The highest BCUT2D eigenvalue weighted by Gasteiger charge is 2.31. The predicted octanol–water partition coefficient (Wildman–Crippen LogP) is 1.81. The predicted molar refractivity (Wildman–Crippen MR) is 63.3 cm³/mol. The fourth-order valence-electron chi connectivity index (χ4n) is 2.08. The molecule has 1 aromatic rings. The van der Waals surface area contributed by atoms with Crippen LogP contribution in [0, 0.1) is 0 Å². The van der Waals surface area contributed by atoms with Gasteiger partial charge >= 0.3 is 5.97 Å². The molecular weight excluding hydrogens is 242 g/mol. The van der Waals surface area contributed by atoms with Gasteiger partial charge in [-0.25, -0.2) is 4.79 Å². The number of carboxylic acids is 1. The molecule has 0 radical (unpaired) electrons. The summed E-state index contributed by atoms with van der Waals surface area (Å²) in [5.74, 6) is -1.23. The van der Waals surface area contributed by atoms with E-state index in [1.54, 1.807) is 18.2 Å². The van der Waals surface area contributed by atoms with Crippen LogP contribution in [0.15, 0.2) is 18.2 Å². The van der Waals surface area contributed by atoms with Crippen LogP contribution in [0.25, 0.3) is 0 Å².